The van der Waals surface area contributed by atoms with Crippen molar-refractivity contribution in [3.8, 4) is 5.75 Å². The van der Waals surface area contributed by atoms with Crippen LogP contribution in [0.2, 0.25) is 0 Å². The second kappa shape index (κ2) is 16.6. The molecule has 0 radical (unpaired) electrons. The summed E-state index contributed by atoms with van der Waals surface area (Å²) >= 11 is 0. The maximum absolute atomic E-state index is 13.6. The molecule has 54 heavy (non-hydrogen) atoms. The molecule has 6 rings (SSSR count). The summed E-state index contributed by atoms with van der Waals surface area (Å²) in [6.07, 6.45) is 10.5. The number of phenolic OH excluding ortho intramolecular Hbond substituents is 1. The highest BCUT2D eigenvalue weighted by molar-refractivity contribution is 6.12. The van der Waals surface area contributed by atoms with Gasteiger partial charge in [0.2, 0.25) is 11.8 Å². The summed E-state index contributed by atoms with van der Waals surface area (Å²) in [4.78, 5) is 50.8. The van der Waals surface area contributed by atoms with Gasteiger partial charge in [0.1, 0.15) is 5.69 Å². The van der Waals surface area contributed by atoms with E-state index in [1.165, 1.54) is 24.3 Å². The van der Waals surface area contributed by atoms with Crippen LogP contribution in [-0.4, -0.2) is 28.7 Å². The van der Waals surface area contributed by atoms with Crippen molar-refractivity contribution in [2.75, 3.05) is 26.6 Å². The number of allylic oxidation sites excluding steroid dienone is 3. The van der Waals surface area contributed by atoms with Crippen LogP contribution in [0.1, 0.15) is 33.6 Å². The van der Waals surface area contributed by atoms with Crippen molar-refractivity contribution < 1.29 is 24.3 Å². The molecular formula is C42H35N7O5. The van der Waals surface area contributed by atoms with E-state index in [1.54, 1.807) is 48.5 Å². The normalized spacial score (nSPS) is 12.0. The van der Waals surface area contributed by atoms with Crippen LogP contribution in [0.4, 0.5) is 39.8 Å². The lowest BCUT2D eigenvalue weighted by Crippen LogP contribution is -2.16. The maximum atomic E-state index is 13.6. The van der Waals surface area contributed by atoms with E-state index in [4.69, 9.17) is 0 Å². The number of anilines is 5. The number of benzene rings is 5. The maximum Gasteiger partial charge on any atom is 0.259 e. The molecule has 0 unspecified atom stereocenters. The number of hydrogen-bond acceptors (Lipinski definition) is 8. The van der Waals surface area contributed by atoms with Crippen LogP contribution in [0.3, 0.4) is 0 Å². The molecule has 1 aliphatic carbocycles. The van der Waals surface area contributed by atoms with Crippen molar-refractivity contribution in [3.05, 3.63) is 157 Å². The van der Waals surface area contributed by atoms with Crippen LogP contribution in [0.15, 0.2) is 157 Å². The molecule has 4 amide bonds. The van der Waals surface area contributed by atoms with Gasteiger partial charge in [0.05, 0.1) is 11.3 Å². The van der Waals surface area contributed by atoms with Crippen molar-refractivity contribution in [3.63, 3.8) is 0 Å². The Kier molecular flexibility index (Phi) is 11.1. The van der Waals surface area contributed by atoms with E-state index in [2.05, 4.69) is 62.1 Å². The van der Waals surface area contributed by atoms with Gasteiger partial charge in [0.25, 0.3) is 11.8 Å². The molecule has 268 valence electrons. The molecule has 12 nitrogen and oxygen atoms in total. The van der Waals surface area contributed by atoms with Gasteiger partial charge < -0.3 is 31.7 Å². The van der Waals surface area contributed by atoms with Crippen LogP contribution < -0.4 is 26.6 Å². The van der Waals surface area contributed by atoms with Gasteiger partial charge in [0.15, 0.2) is 5.75 Å². The fraction of sp³-hybridized carbons (Fsp3) is 0.0476. The number of nitrogens with one attached hydrogen (secondary N) is 5. The Morgan fingerprint density at radius 3 is 1.94 bits per heavy atom. The first-order valence-electron chi connectivity index (χ1n) is 16.8. The first-order valence-corrected chi connectivity index (χ1v) is 16.8. The number of phenols is 1. The molecule has 0 atom stereocenters. The fourth-order valence-corrected chi connectivity index (χ4v) is 5.55. The quantitative estimate of drug-likeness (QED) is 0.0554. The van der Waals surface area contributed by atoms with Gasteiger partial charge >= 0.3 is 0 Å². The summed E-state index contributed by atoms with van der Waals surface area (Å²) in [5.74, 6) is -2.54. The molecule has 0 aromatic heterocycles. The average Bonchev–Trinajstić information content (AvgIpc) is 3.18. The number of aromatic hydroxyl groups is 1. The third-order valence-electron chi connectivity index (χ3n) is 8.14. The molecule has 0 bridgehead atoms. The smallest absolute Gasteiger partial charge is 0.259 e. The second-order valence-corrected chi connectivity index (χ2v) is 12.0. The topological polar surface area (TPSA) is 173 Å². The van der Waals surface area contributed by atoms with E-state index in [-0.39, 0.29) is 33.9 Å². The lowest BCUT2D eigenvalue weighted by atomic mass is 10.0. The number of nitrogens with zero attached hydrogens (tertiary/aromatic N) is 2. The average molecular weight is 718 g/mol. The van der Waals surface area contributed by atoms with E-state index in [9.17, 15) is 24.3 Å². The predicted octanol–water partition coefficient (Wildman–Crippen LogP) is 9.36. The summed E-state index contributed by atoms with van der Waals surface area (Å²) in [7, 11) is 0. The number of rotatable bonds is 12. The first-order chi connectivity index (χ1) is 26.2. The van der Waals surface area contributed by atoms with Gasteiger partial charge in [0, 0.05) is 45.1 Å². The van der Waals surface area contributed by atoms with Gasteiger partial charge in [-0.1, -0.05) is 55.6 Å². The minimum Gasteiger partial charge on any atom is -0.505 e. The number of carbonyl (C=O) groups excluding carboxylic acids is 4. The molecular weight excluding hydrogens is 683 g/mol. The molecule has 0 aliphatic heterocycles. The summed E-state index contributed by atoms with van der Waals surface area (Å²) < 4.78 is 0. The highest BCUT2D eigenvalue weighted by Gasteiger charge is 2.19. The Morgan fingerprint density at radius 1 is 0.648 bits per heavy atom. The predicted molar refractivity (Wildman–Crippen MR) is 213 cm³/mol. The van der Waals surface area contributed by atoms with Gasteiger partial charge in [-0.25, -0.2) is 0 Å². The minimum absolute atomic E-state index is 0.0297. The van der Waals surface area contributed by atoms with E-state index in [0.717, 1.165) is 36.4 Å². The molecule has 5 aromatic rings. The van der Waals surface area contributed by atoms with Gasteiger partial charge in [-0.05, 0) is 103 Å². The highest BCUT2D eigenvalue weighted by atomic mass is 16.3. The molecule has 0 fully saturated rings. The molecule has 0 spiro atoms. The van der Waals surface area contributed by atoms with Crippen molar-refractivity contribution >= 4 is 74.2 Å². The van der Waals surface area contributed by atoms with Crippen LogP contribution >= 0.6 is 0 Å². The van der Waals surface area contributed by atoms with Gasteiger partial charge in [-0.3, -0.25) is 19.2 Å². The van der Waals surface area contributed by atoms with Crippen LogP contribution in [-0.2, 0) is 9.59 Å². The largest absolute Gasteiger partial charge is 0.505 e. The standard InChI is InChI=1S/C42H35N7O5/c1-3-37(50)44-33-21-27(22-34(25-33)45-38(51)4-2)41(53)46-31-14-10-15-32(24-31)47-42(54)36-23-26-11-8-9-16-35(26)39(40(36)52)49-48-30-19-17-29(18-20-30)43-28-12-6-5-7-13-28/h3-4,6,8-25,43,52H,1-2,5,7H2,(H,44,50)(H,45,51)(H,46,53)(H,47,54)/b49-48+. The van der Waals surface area contributed by atoms with Gasteiger partial charge in [-0.15, -0.1) is 5.11 Å². The molecule has 5 aromatic carbocycles. The first kappa shape index (κ1) is 36.2. The molecule has 0 heterocycles. The van der Waals surface area contributed by atoms with Gasteiger partial charge in [-0.2, -0.15) is 5.11 Å². The molecule has 0 saturated heterocycles. The summed E-state index contributed by atoms with van der Waals surface area (Å²) in [5, 5.41) is 35.4. The number of azo groups is 1. The summed E-state index contributed by atoms with van der Waals surface area (Å²) in [6.45, 7) is 6.86. The van der Waals surface area contributed by atoms with Crippen LogP contribution in [0.5, 0.6) is 5.75 Å². The Hall–Kier alpha value is -7.60. The van der Waals surface area contributed by atoms with Crippen LogP contribution in [0, 0.1) is 0 Å². The Morgan fingerprint density at radius 2 is 1.30 bits per heavy atom. The van der Waals surface area contributed by atoms with E-state index in [1.807, 2.05) is 30.3 Å². The summed E-state index contributed by atoms with van der Waals surface area (Å²) in [5.41, 5.74) is 3.86. The Balaban J connectivity index is 1.20. The number of hydrogen-bond donors (Lipinski definition) is 6. The number of fused-ring (bicyclic) bond motifs is 1. The van der Waals surface area contributed by atoms with Crippen LogP contribution in [0.25, 0.3) is 10.8 Å². The third kappa shape index (κ3) is 9.00. The summed E-state index contributed by atoms with van der Waals surface area (Å²) in [6, 6.07) is 26.9. The van der Waals surface area contributed by atoms with Crippen molar-refractivity contribution in [2.24, 2.45) is 10.2 Å². The Bertz CT molecular complexity index is 2360. The minimum atomic E-state index is -0.618. The van der Waals surface area contributed by atoms with E-state index >= 15 is 0 Å². The molecule has 12 heteroatoms. The molecule has 6 N–H and O–H groups in total. The zero-order chi connectivity index (χ0) is 38.0. The zero-order valence-electron chi connectivity index (χ0n) is 28.9. The molecule has 1 aliphatic rings. The van der Waals surface area contributed by atoms with Crippen molar-refractivity contribution in [2.45, 2.75) is 12.8 Å². The SMILES string of the molecule is C=CC(=O)Nc1cc(NC(=O)C=C)cc(C(=O)Nc2cccc(NC(=O)c3cc4ccccc4c(/N=N/c4ccc(NC5=CCCC=C5)cc4)c3O)c2)c1. The highest BCUT2D eigenvalue weighted by Crippen LogP contribution is 2.40. The Labute approximate surface area is 310 Å². The van der Waals surface area contributed by atoms with Crippen molar-refractivity contribution in [1.29, 1.82) is 0 Å². The number of amides is 4. The zero-order valence-corrected chi connectivity index (χ0v) is 28.9. The van der Waals surface area contributed by atoms with E-state index in [0.29, 0.717) is 27.8 Å². The third-order valence-corrected chi connectivity index (χ3v) is 8.14. The number of carbonyl (C=O) groups is 4. The second-order valence-electron chi connectivity index (χ2n) is 12.0. The fourth-order valence-electron chi connectivity index (χ4n) is 5.55. The van der Waals surface area contributed by atoms with E-state index < -0.39 is 23.6 Å². The molecule has 0 saturated carbocycles. The monoisotopic (exact) mass is 717 g/mol. The van der Waals surface area contributed by atoms with Crippen molar-refractivity contribution in [1.82, 2.24) is 0 Å². The lowest BCUT2D eigenvalue weighted by Gasteiger charge is -2.13. The lowest BCUT2D eigenvalue weighted by molar-refractivity contribution is -0.112.